The van der Waals surface area contributed by atoms with E-state index in [1.54, 1.807) is 7.05 Å². The molecular weight excluding hydrogens is 315 g/mol. The van der Waals surface area contributed by atoms with Gasteiger partial charge >= 0.3 is 0 Å². The lowest BCUT2D eigenvalue weighted by Gasteiger charge is -2.18. The van der Waals surface area contributed by atoms with Crippen LogP contribution < -0.4 is 10.6 Å². The molecule has 1 aromatic rings. The van der Waals surface area contributed by atoms with Crippen LogP contribution in [0.15, 0.2) is 24.3 Å². The van der Waals surface area contributed by atoms with Crippen LogP contribution in [0.4, 0.5) is 0 Å². The van der Waals surface area contributed by atoms with E-state index in [9.17, 15) is 4.79 Å². The van der Waals surface area contributed by atoms with Crippen molar-refractivity contribution in [3.63, 3.8) is 0 Å². The number of nitrogens with one attached hydrogen (secondary N) is 2. The van der Waals surface area contributed by atoms with E-state index in [2.05, 4.69) is 57.5 Å². The van der Waals surface area contributed by atoms with Crippen molar-refractivity contribution in [1.82, 2.24) is 10.6 Å². The molecule has 2 atom stereocenters. The summed E-state index contributed by atoms with van der Waals surface area (Å²) in [7, 11) is 1.69. The summed E-state index contributed by atoms with van der Waals surface area (Å²) in [5.74, 6) is 0.387. The highest BCUT2D eigenvalue weighted by atomic mass is 127. The summed E-state index contributed by atoms with van der Waals surface area (Å²) in [6.07, 6.45) is 1.03. The van der Waals surface area contributed by atoms with E-state index >= 15 is 0 Å². The summed E-state index contributed by atoms with van der Waals surface area (Å²) < 4.78 is 1.23. The first-order chi connectivity index (χ1) is 7.72. The Balaban J connectivity index is 2.19. The minimum atomic E-state index is -0.0786. The van der Waals surface area contributed by atoms with Gasteiger partial charge in [-0.15, -0.1) is 0 Å². The Labute approximate surface area is 109 Å². The molecule has 1 fully saturated rings. The quantitative estimate of drug-likeness (QED) is 0.807. The molecule has 0 radical (unpaired) electrons. The van der Waals surface area contributed by atoms with Crippen LogP contribution in [-0.2, 0) is 4.79 Å². The number of likely N-dealkylation sites (N-methyl/N-ethyl adjacent to an activating group) is 1. The molecule has 1 heterocycles. The SMILES string of the molecule is CNC(=O)[C@H]1NCC[C@H]1c1ccc(I)cc1. The van der Waals surface area contributed by atoms with Crippen LogP contribution in [0.2, 0.25) is 0 Å². The zero-order chi connectivity index (χ0) is 11.5. The molecule has 0 aromatic heterocycles. The van der Waals surface area contributed by atoms with Crippen LogP contribution in [0, 0.1) is 3.57 Å². The van der Waals surface area contributed by atoms with Gasteiger partial charge in [0.2, 0.25) is 5.91 Å². The van der Waals surface area contributed by atoms with Gasteiger partial charge < -0.3 is 10.6 Å². The van der Waals surface area contributed by atoms with E-state index in [1.165, 1.54) is 9.13 Å². The summed E-state index contributed by atoms with van der Waals surface area (Å²) in [6, 6.07) is 8.35. The monoisotopic (exact) mass is 330 g/mol. The number of amides is 1. The topological polar surface area (TPSA) is 41.1 Å². The molecule has 1 saturated heterocycles. The van der Waals surface area contributed by atoms with Crippen molar-refractivity contribution < 1.29 is 4.79 Å². The fraction of sp³-hybridized carbons (Fsp3) is 0.417. The Hall–Kier alpha value is -0.620. The Bertz CT molecular complexity index is 377. The maximum Gasteiger partial charge on any atom is 0.237 e. The standard InChI is InChI=1S/C12H15IN2O/c1-14-12(16)11-10(6-7-15-11)8-2-4-9(13)5-3-8/h2-5,10-11,15H,6-7H2,1H3,(H,14,16)/t10-,11-/m0/s1. The third kappa shape index (κ3) is 2.38. The van der Waals surface area contributed by atoms with Gasteiger partial charge in [0.1, 0.15) is 0 Å². The molecule has 1 aliphatic heterocycles. The zero-order valence-corrected chi connectivity index (χ0v) is 11.3. The van der Waals surface area contributed by atoms with Gasteiger partial charge in [0.05, 0.1) is 6.04 Å². The number of halogens is 1. The lowest BCUT2D eigenvalue weighted by Crippen LogP contribution is -2.41. The molecule has 0 aliphatic carbocycles. The molecule has 3 nitrogen and oxygen atoms in total. The Morgan fingerprint density at radius 3 is 2.75 bits per heavy atom. The van der Waals surface area contributed by atoms with Crippen molar-refractivity contribution in [3.05, 3.63) is 33.4 Å². The molecule has 0 bridgehead atoms. The molecule has 2 N–H and O–H groups in total. The highest BCUT2D eigenvalue weighted by Crippen LogP contribution is 2.28. The van der Waals surface area contributed by atoms with Crippen molar-refractivity contribution in [2.24, 2.45) is 0 Å². The molecule has 1 aromatic carbocycles. The van der Waals surface area contributed by atoms with E-state index in [4.69, 9.17) is 0 Å². The number of benzene rings is 1. The molecule has 0 unspecified atom stereocenters. The van der Waals surface area contributed by atoms with Crippen LogP contribution in [0.5, 0.6) is 0 Å². The lowest BCUT2D eigenvalue weighted by molar-refractivity contribution is -0.122. The van der Waals surface area contributed by atoms with Gasteiger partial charge in [0.15, 0.2) is 0 Å². The van der Waals surface area contributed by atoms with Gasteiger partial charge in [-0.25, -0.2) is 0 Å². The highest BCUT2D eigenvalue weighted by molar-refractivity contribution is 14.1. The molecule has 4 heteroatoms. The minimum Gasteiger partial charge on any atom is -0.358 e. The average molecular weight is 330 g/mol. The van der Waals surface area contributed by atoms with Crippen LogP contribution in [-0.4, -0.2) is 25.5 Å². The van der Waals surface area contributed by atoms with Crippen LogP contribution in [0.3, 0.4) is 0 Å². The third-order valence-electron chi connectivity index (χ3n) is 3.05. The second-order valence-corrected chi connectivity index (χ2v) is 5.24. The van der Waals surface area contributed by atoms with Gasteiger partial charge in [-0.2, -0.15) is 0 Å². The maximum atomic E-state index is 11.7. The van der Waals surface area contributed by atoms with Crippen LogP contribution in [0.25, 0.3) is 0 Å². The number of hydrogen-bond acceptors (Lipinski definition) is 2. The normalized spacial score (nSPS) is 24.4. The summed E-state index contributed by atoms with van der Waals surface area (Å²) >= 11 is 2.29. The Morgan fingerprint density at radius 1 is 1.44 bits per heavy atom. The third-order valence-corrected chi connectivity index (χ3v) is 3.77. The largest absolute Gasteiger partial charge is 0.358 e. The summed E-state index contributed by atoms with van der Waals surface area (Å²) in [5, 5.41) is 5.97. The second-order valence-electron chi connectivity index (χ2n) is 3.99. The smallest absolute Gasteiger partial charge is 0.237 e. The lowest BCUT2D eigenvalue weighted by atomic mass is 9.91. The van der Waals surface area contributed by atoms with Gasteiger partial charge in [-0.1, -0.05) is 12.1 Å². The maximum absolute atomic E-state index is 11.7. The molecular formula is C12H15IN2O. The fourth-order valence-corrected chi connectivity index (χ4v) is 2.56. The predicted molar refractivity (Wildman–Crippen MR) is 72.4 cm³/mol. The second kappa shape index (κ2) is 5.14. The first kappa shape index (κ1) is 11.9. The molecule has 86 valence electrons. The zero-order valence-electron chi connectivity index (χ0n) is 9.16. The molecule has 16 heavy (non-hydrogen) atoms. The van der Waals surface area contributed by atoms with Gasteiger partial charge in [0, 0.05) is 16.5 Å². The minimum absolute atomic E-state index is 0.0786. The summed E-state index contributed by atoms with van der Waals surface area (Å²) in [4.78, 5) is 11.7. The molecule has 0 saturated carbocycles. The molecule has 1 aliphatic rings. The number of carbonyl (C=O) groups is 1. The van der Waals surface area contributed by atoms with Crippen molar-refractivity contribution in [2.75, 3.05) is 13.6 Å². The molecule has 1 amide bonds. The first-order valence-corrected chi connectivity index (χ1v) is 6.50. The number of hydrogen-bond donors (Lipinski definition) is 2. The van der Waals surface area contributed by atoms with E-state index < -0.39 is 0 Å². The van der Waals surface area contributed by atoms with Crippen molar-refractivity contribution in [1.29, 1.82) is 0 Å². The van der Waals surface area contributed by atoms with E-state index in [1.807, 2.05) is 0 Å². The van der Waals surface area contributed by atoms with Gasteiger partial charge in [0.25, 0.3) is 0 Å². The number of rotatable bonds is 2. The summed E-state index contributed by atoms with van der Waals surface area (Å²) in [5.41, 5.74) is 1.25. The Kier molecular flexibility index (Phi) is 3.81. The highest BCUT2D eigenvalue weighted by Gasteiger charge is 2.32. The van der Waals surface area contributed by atoms with Gasteiger partial charge in [-0.3, -0.25) is 4.79 Å². The van der Waals surface area contributed by atoms with Crippen molar-refractivity contribution >= 4 is 28.5 Å². The summed E-state index contributed by atoms with van der Waals surface area (Å²) in [6.45, 7) is 0.911. The fourth-order valence-electron chi connectivity index (χ4n) is 2.20. The number of carbonyl (C=O) groups excluding carboxylic acids is 1. The average Bonchev–Trinajstić information content (AvgIpc) is 2.78. The Morgan fingerprint density at radius 2 is 2.12 bits per heavy atom. The first-order valence-electron chi connectivity index (χ1n) is 5.43. The molecule has 2 rings (SSSR count). The van der Waals surface area contributed by atoms with E-state index in [0.717, 1.165) is 13.0 Å². The van der Waals surface area contributed by atoms with Crippen LogP contribution in [0.1, 0.15) is 17.9 Å². The van der Waals surface area contributed by atoms with E-state index in [-0.39, 0.29) is 11.9 Å². The predicted octanol–water partition coefficient (Wildman–Crippen LogP) is 1.48. The molecule has 0 spiro atoms. The van der Waals surface area contributed by atoms with E-state index in [0.29, 0.717) is 5.92 Å². The van der Waals surface area contributed by atoms with Crippen molar-refractivity contribution in [2.45, 2.75) is 18.4 Å². The van der Waals surface area contributed by atoms with Crippen molar-refractivity contribution in [3.8, 4) is 0 Å². The van der Waals surface area contributed by atoms with Gasteiger partial charge in [-0.05, 0) is 53.3 Å². The van der Waals surface area contributed by atoms with Crippen LogP contribution >= 0.6 is 22.6 Å².